The Morgan fingerprint density at radius 2 is 1.07 bits per heavy atom. The molecule has 0 aliphatic heterocycles. The maximum atomic E-state index is 11.6. The van der Waals surface area contributed by atoms with E-state index < -0.39 is 36.9 Å². The Morgan fingerprint density at radius 1 is 0.679 bits per heavy atom. The maximum Gasteiger partial charge on any atom is 0.531 e. The zero-order valence-electron chi connectivity index (χ0n) is 16.4. The number of unbranched alkanes of at least 4 members (excludes halogenated alkanes) is 4. The molecule has 0 radical (unpaired) electrons. The molecule has 5 nitrogen and oxygen atoms in total. The molecule has 0 fully saturated rings. The number of hydrogen-bond acceptors (Lipinski definition) is 4. The topological polar surface area (TPSA) is 68.3 Å². The summed E-state index contributed by atoms with van der Waals surface area (Å²) in [6, 6.07) is 0. The van der Waals surface area contributed by atoms with E-state index in [0.29, 0.717) is 0 Å². The summed E-state index contributed by atoms with van der Waals surface area (Å²) in [5.74, 6) is 0. The smallest absolute Gasteiger partial charge is 0.328 e. The van der Waals surface area contributed by atoms with Crippen molar-refractivity contribution < 1.29 is 47.7 Å². The lowest BCUT2D eigenvalue weighted by Crippen LogP contribution is -2.40. The fourth-order valence-corrected chi connectivity index (χ4v) is 9.31. The first-order valence-electron chi connectivity index (χ1n) is 8.62. The van der Waals surface area contributed by atoms with Crippen LogP contribution in [0.25, 0.3) is 0 Å². The second-order valence-corrected chi connectivity index (χ2v) is 16.2. The molecule has 0 aromatic rings. The van der Waals surface area contributed by atoms with E-state index in [2.05, 4.69) is 27.9 Å². The predicted molar refractivity (Wildman–Crippen MR) is 101 cm³/mol. The molecule has 0 saturated heterocycles. The zero-order chi connectivity index (χ0) is 22.9. The molecule has 172 valence electrons. The van der Waals surface area contributed by atoms with E-state index in [1.165, 1.54) is 56.1 Å². The van der Waals surface area contributed by atoms with Crippen LogP contribution < -0.4 is 0 Å². The lowest BCUT2D eigenvalue weighted by atomic mass is 10.1. The second-order valence-electron chi connectivity index (χ2n) is 6.87. The van der Waals surface area contributed by atoms with Gasteiger partial charge in [-0.2, -0.15) is 43.2 Å². The summed E-state index contributed by atoms with van der Waals surface area (Å²) in [5, 5.41) is 0. The number of halogens is 6. The van der Waals surface area contributed by atoms with Crippen molar-refractivity contribution in [3.63, 3.8) is 0 Å². The molecule has 0 amide bonds. The van der Waals surface area contributed by atoms with Crippen LogP contribution in [0.5, 0.6) is 0 Å². The van der Waals surface area contributed by atoms with E-state index >= 15 is 0 Å². The van der Waals surface area contributed by atoms with E-state index in [0.717, 1.165) is 0 Å². The molecule has 0 aromatic heterocycles. The molecule has 0 bridgehead atoms. The minimum atomic E-state index is -6.26. The van der Waals surface area contributed by atoms with Crippen molar-refractivity contribution in [2.45, 2.75) is 63.4 Å². The first kappa shape index (κ1) is 30.1. The summed E-state index contributed by atoms with van der Waals surface area (Å²) in [5.41, 5.74) is -12.0. The van der Waals surface area contributed by atoms with Gasteiger partial charge in [-0.25, -0.2) is 0 Å². The summed E-state index contributed by atoms with van der Waals surface area (Å²) in [4.78, 5) is 0. The van der Waals surface area contributed by atoms with Crippen molar-refractivity contribution in [3.05, 3.63) is 0 Å². The van der Waals surface area contributed by atoms with Gasteiger partial charge in [-0.05, 0) is 19.3 Å². The van der Waals surface area contributed by atoms with E-state index in [9.17, 15) is 43.2 Å². The number of quaternary nitrogens is 1. The SMILES string of the molecule is CCCCCCC[N+](C)(C)CCC.O=S(=O)([PH2+]S(=O)(=O)C(F)(F)F)C(F)(F)F. The van der Waals surface area contributed by atoms with Gasteiger partial charge >= 0.3 is 29.9 Å². The highest BCUT2D eigenvalue weighted by atomic mass is 33.1. The number of alkyl halides is 6. The Labute approximate surface area is 164 Å². The van der Waals surface area contributed by atoms with Crippen LogP contribution in [-0.4, -0.2) is 59.5 Å². The van der Waals surface area contributed by atoms with Gasteiger partial charge in [0.25, 0.3) is 0 Å². The first-order chi connectivity index (χ1) is 12.3. The van der Waals surface area contributed by atoms with E-state index in [4.69, 9.17) is 0 Å². The monoisotopic (exact) mass is 485 g/mol. The molecule has 0 aliphatic rings. The lowest BCUT2D eigenvalue weighted by Gasteiger charge is -2.29. The quantitative estimate of drug-likeness (QED) is 0.197. The van der Waals surface area contributed by atoms with Gasteiger partial charge in [0.05, 0.1) is 27.2 Å². The van der Waals surface area contributed by atoms with Crippen LogP contribution in [0.4, 0.5) is 26.3 Å². The van der Waals surface area contributed by atoms with Crippen molar-refractivity contribution in [2.24, 2.45) is 0 Å². The highest BCUT2D eigenvalue weighted by Gasteiger charge is 2.61. The van der Waals surface area contributed by atoms with E-state index in [1.807, 2.05) is 0 Å². The molecule has 0 aliphatic carbocycles. The number of hydrogen-bond donors (Lipinski definition) is 0. The fourth-order valence-electron chi connectivity index (χ4n) is 2.14. The van der Waals surface area contributed by atoms with Crippen LogP contribution in [0, 0.1) is 0 Å². The van der Waals surface area contributed by atoms with Crippen LogP contribution >= 0.6 is 6.98 Å². The molecule has 0 N–H and O–H groups in total. The van der Waals surface area contributed by atoms with Gasteiger partial charge < -0.3 is 4.48 Å². The molecule has 28 heavy (non-hydrogen) atoms. The summed E-state index contributed by atoms with van der Waals surface area (Å²) < 4.78 is 111. The summed E-state index contributed by atoms with van der Waals surface area (Å²) >= 11 is 0. The Kier molecular flexibility index (Phi) is 12.8. The number of nitrogens with zero attached hydrogens (tertiary/aromatic N) is 1. The molecule has 0 unspecified atom stereocenters. The average Bonchev–Trinajstić information content (AvgIpc) is 2.44. The normalized spacial score (nSPS) is 13.8. The van der Waals surface area contributed by atoms with Gasteiger partial charge in [0.15, 0.2) is 0 Å². The first-order valence-corrected chi connectivity index (χ1v) is 14.5. The van der Waals surface area contributed by atoms with Crippen LogP contribution in [0.1, 0.15) is 52.4 Å². The molecule has 0 rings (SSSR count). The third kappa shape index (κ3) is 12.4. The number of rotatable bonds is 10. The van der Waals surface area contributed by atoms with Gasteiger partial charge in [0.2, 0.25) is 6.98 Å². The predicted octanol–water partition coefficient (Wildman–Crippen LogP) is 4.54. The molecule has 0 atom stereocenters. The largest absolute Gasteiger partial charge is 0.531 e. The molecule has 0 aromatic carbocycles. The molecule has 0 saturated carbocycles. The van der Waals surface area contributed by atoms with Crippen molar-refractivity contribution >= 4 is 25.9 Å². The Morgan fingerprint density at radius 3 is 1.39 bits per heavy atom. The third-order valence-electron chi connectivity index (χ3n) is 3.59. The highest BCUT2D eigenvalue weighted by molar-refractivity contribution is 8.76. The van der Waals surface area contributed by atoms with Crippen molar-refractivity contribution in [1.29, 1.82) is 0 Å². The minimum absolute atomic E-state index is 1.21. The van der Waals surface area contributed by atoms with Gasteiger partial charge in [0.1, 0.15) is 0 Å². The molecule has 14 heteroatoms. The maximum absolute atomic E-state index is 11.6. The van der Waals surface area contributed by atoms with Gasteiger partial charge in [-0.3, -0.25) is 0 Å². The summed E-state index contributed by atoms with van der Waals surface area (Å²) in [6.45, 7) is 3.35. The standard InChI is InChI=1S/C12H28N.C2HF6O4PS2/c1-5-7-8-9-10-12-13(3,4)11-6-2;3-1(4,5)14(9,10)13-15(11,12)2(6,7)8/h5-12H2,1-4H3;13H/q+1;/p+1. The summed E-state index contributed by atoms with van der Waals surface area (Å²) in [7, 11) is -7.83. The van der Waals surface area contributed by atoms with Gasteiger partial charge in [-0.1, -0.05) is 33.1 Å². The van der Waals surface area contributed by atoms with Gasteiger partial charge in [-0.15, -0.1) is 0 Å². The lowest BCUT2D eigenvalue weighted by molar-refractivity contribution is -0.890. The molecular weight excluding hydrogens is 455 g/mol. The van der Waals surface area contributed by atoms with Crippen LogP contribution in [0.3, 0.4) is 0 Å². The zero-order valence-corrected chi connectivity index (χ0v) is 19.2. The second kappa shape index (κ2) is 11.9. The van der Waals surface area contributed by atoms with E-state index in [-0.39, 0.29) is 0 Å². The minimum Gasteiger partial charge on any atom is -0.328 e. The fraction of sp³-hybridized carbons (Fsp3) is 1.00. The Balaban J connectivity index is 0. The summed E-state index contributed by atoms with van der Waals surface area (Å²) in [6.07, 6.45) is 8.35. The van der Waals surface area contributed by atoms with Crippen molar-refractivity contribution in [2.75, 3.05) is 27.2 Å². The van der Waals surface area contributed by atoms with E-state index in [1.54, 1.807) is 0 Å². The van der Waals surface area contributed by atoms with Crippen LogP contribution in [0.15, 0.2) is 0 Å². The Hall–Kier alpha value is -0.130. The van der Waals surface area contributed by atoms with Crippen molar-refractivity contribution in [1.82, 2.24) is 0 Å². The third-order valence-corrected chi connectivity index (χ3v) is 13.1. The van der Waals surface area contributed by atoms with Crippen LogP contribution in [-0.2, 0) is 18.9 Å². The van der Waals surface area contributed by atoms with Crippen molar-refractivity contribution in [3.8, 4) is 0 Å². The van der Waals surface area contributed by atoms with Gasteiger partial charge in [0, 0.05) is 0 Å². The molecule has 0 heterocycles. The Bertz CT molecular complexity index is 604. The highest BCUT2D eigenvalue weighted by Crippen LogP contribution is 2.46. The average molecular weight is 485 g/mol. The van der Waals surface area contributed by atoms with Crippen LogP contribution in [0.2, 0.25) is 0 Å². The molecular formula is C14H30F6NO4PS2+2. The molecule has 0 spiro atoms.